The van der Waals surface area contributed by atoms with Crippen LogP contribution in [0.2, 0.25) is 5.02 Å². The predicted octanol–water partition coefficient (Wildman–Crippen LogP) is 4.47. The number of methoxy groups -OCH3 is 1. The molecule has 1 atom stereocenters. The summed E-state index contributed by atoms with van der Waals surface area (Å²) in [6, 6.07) is 7.70. The van der Waals surface area contributed by atoms with E-state index in [2.05, 4.69) is 5.32 Å². The van der Waals surface area contributed by atoms with E-state index in [4.69, 9.17) is 16.3 Å². The topological polar surface area (TPSA) is 96.0 Å². The zero-order valence-electron chi connectivity index (χ0n) is 21.7. The molecule has 0 radical (unpaired) electrons. The van der Waals surface area contributed by atoms with Crippen LogP contribution in [0.4, 0.5) is 18.9 Å². The molecule has 0 aromatic heterocycles. The summed E-state index contributed by atoms with van der Waals surface area (Å²) in [5.74, 6) is -0.684. The van der Waals surface area contributed by atoms with Crippen molar-refractivity contribution in [2.24, 2.45) is 0 Å². The highest BCUT2D eigenvalue weighted by Gasteiger charge is 2.35. The quantitative estimate of drug-likeness (QED) is 0.425. The molecule has 38 heavy (non-hydrogen) atoms. The normalized spacial score (nSPS) is 12.7. The fraction of sp³-hybridized carbons (Fsp3) is 0.440. The number of carbonyl (C=O) groups is 2. The second kappa shape index (κ2) is 12.7. The first-order valence-corrected chi connectivity index (χ1v) is 13.9. The largest absolute Gasteiger partial charge is 0.497 e. The van der Waals surface area contributed by atoms with E-state index >= 15 is 0 Å². The van der Waals surface area contributed by atoms with Gasteiger partial charge in [0.25, 0.3) is 0 Å². The number of alkyl halides is 3. The Kier molecular flexibility index (Phi) is 10.4. The van der Waals surface area contributed by atoms with Gasteiger partial charge in [-0.1, -0.05) is 30.7 Å². The number of halogens is 4. The summed E-state index contributed by atoms with van der Waals surface area (Å²) in [6.07, 6.45) is -3.81. The van der Waals surface area contributed by atoms with Crippen LogP contribution in [0.3, 0.4) is 0 Å². The Hall–Kier alpha value is -2.99. The first-order valence-electron chi connectivity index (χ1n) is 11.7. The van der Waals surface area contributed by atoms with Gasteiger partial charge in [0.2, 0.25) is 21.8 Å². The second-order valence-electron chi connectivity index (χ2n) is 8.89. The van der Waals surface area contributed by atoms with Gasteiger partial charge in [-0.25, -0.2) is 8.42 Å². The van der Waals surface area contributed by atoms with Crippen LogP contribution < -0.4 is 14.4 Å². The molecule has 0 saturated carbocycles. The Morgan fingerprint density at radius 3 is 2.18 bits per heavy atom. The number of hydrogen-bond donors (Lipinski definition) is 1. The van der Waals surface area contributed by atoms with E-state index < -0.39 is 51.9 Å². The Balaban J connectivity index is 2.54. The van der Waals surface area contributed by atoms with Gasteiger partial charge >= 0.3 is 6.18 Å². The zero-order chi connectivity index (χ0) is 28.8. The molecule has 8 nitrogen and oxygen atoms in total. The molecule has 13 heteroatoms. The van der Waals surface area contributed by atoms with Crippen LogP contribution in [0.5, 0.6) is 5.75 Å². The van der Waals surface area contributed by atoms with E-state index in [0.717, 1.165) is 12.3 Å². The Morgan fingerprint density at radius 1 is 1.11 bits per heavy atom. The molecule has 0 heterocycles. The number of ether oxygens (including phenoxy) is 1. The maximum absolute atomic E-state index is 13.6. The average molecular weight is 578 g/mol. The van der Waals surface area contributed by atoms with Crippen molar-refractivity contribution < 1.29 is 35.9 Å². The third-order valence-corrected chi connectivity index (χ3v) is 7.00. The summed E-state index contributed by atoms with van der Waals surface area (Å²) >= 11 is 6.09. The number of carbonyl (C=O) groups excluding carboxylic acids is 2. The number of benzene rings is 2. The van der Waals surface area contributed by atoms with E-state index in [9.17, 15) is 31.2 Å². The lowest BCUT2D eigenvalue weighted by molar-refractivity contribution is -0.140. The number of nitrogens with zero attached hydrogens (tertiary/aromatic N) is 2. The molecule has 0 saturated heterocycles. The van der Waals surface area contributed by atoms with Gasteiger partial charge in [-0.05, 0) is 56.2 Å². The lowest BCUT2D eigenvalue weighted by Crippen LogP contribution is -2.53. The molecule has 2 rings (SSSR count). The van der Waals surface area contributed by atoms with Crippen LogP contribution >= 0.6 is 11.6 Å². The van der Waals surface area contributed by atoms with E-state index in [1.54, 1.807) is 45.0 Å². The van der Waals surface area contributed by atoms with E-state index in [0.29, 0.717) is 27.8 Å². The van der Waals surface area contributed by atoms with Crippen molar-refractivity contribution in [3.8, 4) is 5.75 Å². The van der Waals surface area contributed by atoms with E-state index in [1.807, 2.05) is 0 Å². The minimum atomic E-state index is -4.77. The first-order chi connectivity index (χ1) is 17.6. The number of anilines is 1. The van der Waals surface area contributed by atoms with E-state index in [1.165, 1.54) is 12.0 Å². The molecule has 0 aliphatic heterocycles. The van der Waals surface area contributed by atoms with E-state index in [-0.39, 0.29) is 24.0 Å². The van der Waals surface area contributed by atoms with Crippen LogP contribution in [-0.2, 0) is 32.3 Å². The minimum Gasteiger partial charge on any atom is -0.497 e. The summed E-state index contributed by atoms with van der Waals surface area (Å²) < 4.78 is 71.1. The smallest absolute Gasteiger partial charge is 0.416 e. The summed E-state index contributed by atoms with van der Waals surface area (Å²) in [5.41, 5.74) is -1.00. The Morgan fingerprint density at radius 2 is 1.71 bits per heavy atom. The standard InChI is InChI=1S/C25H31ClF3N3O5S/c1-6-21(24(34)30-16(2)3)31(14-17-7-10-19(37-4)11-8-17)23(33)15-32(38(5,35)36)22-13-18(25(27,28)29)9-12-20(22)26/h7-13,16,21H,6,14-15H2,1-5H3,(H,30,34)/t21-/m1/s1. The molecule has 0 bridgehead atoms. The highest BCUT2D eigenvalue weighted by molar-refractivity contribution is 7.92. The molecule has 0 fully saturated rings. The predicted molar refractivity (Wildman–Crippen MR) is 140 cm³/mol. The van der Waals surface area contributed by atoms with Crippen LogP contribution in [0.25, 0.3) is 0 Å². The number of amides is 2. The van der Waals surface area contributed by atoms with Crippen molar-refractivity contribution in [1.82, 2.24) is 10.2 Å². The summed E-state index contributed by atoms with van der Waals surface area (Å²) in [7, 11) is -2.77. The highest BCUT2D eigenvalue weighted by atomic mass is 35.5. The van der Waals surface area contributed by atoms with Gasteiger partial charge in [-0.3, -0.25) is 13.9 Å². The van der Waals surface area contributed by atoms with Crippen LogP contribution in [0.15, 0.2) is 42.5 Å². The molecule has 2 aromatic rings. The van der Waals surface area contributed by atoms with Crippen molar-refractivity contribution in [3.05, 3.63) is 58.6 Å². The lowest BCUT2D eigenvalue weighted by atomic mass is 10.1. The molecule has 0 aliphatic rings. The summed E-state index contributed by atoms with van der Waals surface area (Å²) in [4.78, 5) is 27.8. The van der Waals surface area contributed by atoms with Gasteiger partial charge < -0.3 is 15.0 Å². The van der Waals surface area contributed by atoms with Crippen LogP contribution in [0, 0.1) is 0 Å². The van der Waals surface area contributed by atoms with Crippen molar-refractivity contribution >= 4 is 39.1 Å². The van der Waals surface area contributed by atoms with Gasteiger partial charge in [0.15, 0.2) is 0 Å². The minimum absolute atomic E-state index is 0.0687. The molecule has 0 spiro atoms. The molecule has 2 aromatic carbocycles. The summed E-state index contributed by atoms with van der Waals surface area (Å²) in [6.45, 7) is 4.25. The molecule has 1 N–H and O–H groups in total. The number of sulfonamides is 1. The Labute approximate surface area is 225 Å². The van der Waals surface area contributed by atoms with Gasteiger partial charge in [-0.2, -0.15) is 13.2 Å². The van der Waals surface area contributed by atoms with Gasteiger partial charge in [0.05, 0.1) is 29.6 Å². The van der Waals surface area contributed by atoms with Gasteiger partial charge in [0, 0.05) is 12.6 Å². The number of nitrogens with one attached hydrogen (secondary N) is 1. The average Bonchev–Trinajstić information content (AvgIpc) is 2.81. The van der Waals surface area contributed by atoms with Gasteiger partial charge in [-0.15, -0.1) is 0 Å². The second-order valence-corrected chi connectivity index (χ2v) is 11.2. The fourth-order valence-corrected chi connectivity index (χ4v) is 4.83. The van der Waals surface area contributed by atoms with Crippen molar-refractivity contribution in [2.75, 3.05) is 24.2 Å². The highest BCUT2D eigenvalue weighted by Crippen LogP contribution is 2.36. The third kappa shape index (κ3) is 8.26. The number of rotatable bonds is 11. The first kappa shape index (κ1) is 31.2. The third-order valence-electron chi connectivity index (χ3n) is 5.55. The molecule has 0 unspecified atom stereocenters. The summed E-state index contributed by atoms with van der Waals surface area (Å²) in [5, 5.41) is 2.46. The maximum Gasteiger partial charge on any atom is 0.416 e. The number of hydrogen-bond acceptors (Lipinski definition) is 5. The molecule has 2 amide bonds. The van der Waals surface area contributed by atoms with Gasteiger partial charge in [0.1, 0.15) is 18.3 Å². The molecule has 0 aliphatic carbocycles. The van der Waals surface area contributed by atoms with Crippen molar-refractivity contribution in [3.63, 3.8) is 0 Å². The monoisotopic (exact) mass is 577 g/mol. The zero-order valence-corrected chi connectivity index (χ0v) is 23.2. The van der Waals surface area contributed by atoms with Crippen LogP contribution in [0.1, 0.15) is 38.3 Å². The SMILES string of the molecule is CC[C@H](C(=O)NC(C)C)N(Cc1ccc(OC)cc1)C(=O)CN(c1cc(C(F)(F)F)ccc1Cl)S(C)(=O)=O. The molecular formula is C25H31ClF3N3O5S. The maximum atomic E-state index is 13.6. The molecule has 210 valence electrons. The van der Waals surface area contributed by atoms with Crippen LogP contribution in [-0.4, -0.2) is 57.1 Å². The van der Waals surface area contributed by atoms with Crippen molar-refractivity contribution in [1.29, 1.82) is 0 Å². The Bertz CT molecular complexity index is 1240. The fourth-order valence-electron chi connectivity index (χ4n) is 3.70. The van der Waals surface area contributed by atoms with Crippen molar-refractivity contribution in [2.45, 2.75) is 52.0 Å². The molecular weight excluding hydrogens is 547 g/mol. The lowest BCUT2D eigenvalue weighted by Gasteiger charge is -2.33.